The van der Waals surface area contributed by atoms with Crippen molar-refractivity contribution in [1.29, 1.82) is 0 Å². The molecule has 2 amide bonds. The maximum atomic E-state index is 13.1. The van der Waals surface area contributed by atoms with E-state index in [0.29, 0.717) is 5.91 Å². The van der Waals surface area contributed by atoms with Crippen LogP contribution in [0.4, 0.5) is 5.69 Å². The van der Waals surface area contributed by atoms with Crippen molar-refractivity contribution in [3.63, 3.8) is 0 Å². The first-order valence-corrected chi connectivity index (χ1v) is 11.3. The highest BCUT2D eigenvalue weighted by Gasteiger charge is 2.34. The van der Waals surface area contributed by atoms with Crippen LogP contribution in [0.5, 0.6) is 0 Å². The smallest absolute Gasteiger partial charge is 0.225 e. The van der Waals surface area contributed by atoms with Crippen molar-refractivity contribution < 1.29 is 9.59 Å². The summed E-state index contributed by atoms with van der Waals surface area (Å²) in [7, 11) is 0. The van der Waals surface area contributed by atoms with Gasteiger partial charge in [0.25, 0.3) is 0 Å². The summed E-state index contributed by atoms with van der Waals surface area (Å²) < 4.78 is 0. The Morgan fingerprint density at radius 2 is 1.52 bits per heavy atom. The second-order valence-electron chi connectivity index (χ2n) is 8.59. The molecule has 0 aromatic heterocycles. The summed E-state index contributed by atoms with van der Waals surface area (Å²) >= 11 is 0. The van der Waals surface area contributed by atoms with Crippen LogP contribution in [0.15, 0.2) is 18.2 Å². The van der Waals surface area contributed by atoms with Crippen molar-refractivity contribution in [3.8, 4) is 0 Å². The first-order valence-electron chi connectivity index (χ1n) is 11.3. The van der Waals surface area contributed by atoms with E-state index in [-0.39, 0.29) is 17.7 Å². The van der Waals surface area contributed by atoms with Gasteiger partial charge in [-0.3, -0.25) is 9.59 Å². The quantitative estimate of drug-likeness (QED) is 0.759. The molecule has 1 saturated carbocycles. The standard InChI is InChI=1S/C24H37N3O2/c1-5-25(6-2)23(28)20-10-12-21(13-11-20)24(29)27-16-14-26(15-17-27)22-9-7-8-18(3)19(22)4/h7-9,20-21H,5-6,10-17H2,1-4H3. The van der Waals surface area contributed by atoms with Gasteiger partial charge >= 0.3 is 0 Å². The molecule has 2 aliphatic rings. The predicted molar refractivity (Wildman–Crippen MR) is 118 cm³/mol. The Bertz CT molecular complexity index is 713. The zero-order valence-electron chi connectivity index (χ0n) is 18.6. The van der Waals surface area contributed by atoms with Crippen LogP contribution in [-0.2, 0) is 9.59 Å². The minimum absolute atomic E-state index is 0.100. The summed E-state index contributed by atoms with van der Waals surface area (Å²) in [4.78, 5) is 32.0. The van der Waals surface area contributed by atoms with Gasteiger partial charge in [-0.2, -0.15) is 0 Å². The Kier molecular flexibility index (Phi) is 7.20. The Morgan fingerprint density at radius 1 is 0.931 bits per heavy atom. The van der Waals surface area contributed by atoms with E-state index in [1.807, 2.05) is 18.7 Å². The molecule has 0 unspecified atom stereocenters. The molecule has 1 saturated heterocycles. The molecular weight excluding hydrogens is 362 g/mol. The van der Waals surface area contributed by atoms with E-state index in [1.165, 1.54) is 16.8 Å². The number of carbonyl (C=O) groups is 2. The summed E-state index contributed by atoms with van der Waals surface area (Å²) in [5.74, 6) is 0.797. The van der Waals surface area contributed by atoms with E-state index < -0.39 is 0 Å². The van der Waals surface area contributed by atoms with Crippen LogP contribution in [-0.4, -0.2) is 60.9 Å². The van der Waals surface area contributed by atoms with E-state index >= 15 is 0 Å². The lowest BCUT2D eigenvalue weighted by Crippen LogP contribution is -2.51. The molecule has 0 N–H and O–H groups in total. The van der Waals surface area contributed by atoms with E-state index in [4.69, 9.17) is 0 Å². The SMILES string of the molecule is CCN(CC)C(=O)C1CCC(C(=O)N2CCN(c3cccc(C)c3C)CC2)CC1. The average Bonchev–Trinajstić information content (AvgIpc) is 2.76. The molecule has 5 heteroatoms. The minimum atomic E-state index is 0.100. The molecule has 160 valence electrons. The third-order valence-corrected chi connectivity index (χ3v) is 7.01. The fourth-order valence-corrected chi connectivity index (χ4v) is 4.88. The molecule has 1 heterocycles. The number of amides is 2. The number of piperazine rings is 1. The second kappa shape index (κ2) is 9.64. The average molecular weight is 400 g/mol. The number of rotatable bonds is 5. The first kappa shape index (κ1) is 21.7. The summed E-state index contributed by atoms with van der Waals surface area (Å²) in [6, 6.07) is 6.46. The Morgan fingerprint density at radius 3 is 2.10 bits per heavy atom. The largest absolute Gasteiger partial charge is 0.368 e. The third-order valence-electron chi connectivity index (χ3n) is 7.01. The Labute approximate surface area is 176 Å². The van der Waals surface area contributed by atoms with Gasteiger partial charge in [-0.05, 0) is 70.6 Å². The summed E-state index contributed by atoms with van der Waals surface area (Å²) in [5, 5.41) is 0. The molecule has 1 aliphatic heterocycles. The number of carbonyl (C=O) groups excluding carboxylic acids is 2. The van der Waals surface area contributed by atoms with Gasteiger partial charge in [0.05, 0.1) is 0 Å². The van der Waals surface area contributed by atoms with Crippen LogP contribution in [0.25, 0.3) is 0 Å². The molecule has 1 aromatic rings. The van der Waals surface area contributed by atoms with Crippen LogP contribution in [0.2, 0.25) is 0 Å². The van der Waals surface area contributed by atoms with E-state index in [0.717, 1.165) is 65.0 Å². The van der Waals surface area contributed by atoms with Gasteiger partial charge < -0.3 is 14.7 Å². The summed E-state index contributed by atoms with van der Waals surface area (Å²) in [5.41, 5.74) is 3.95. The number of hydrogen-bond donors (Lipinski definition) is 0. The molecule has 2 fully saturated rings. The molecular formula is C24H37N3O2. The van der Waals surface area contributed by atoms with Gasteiger partial charge in [-0.25, -0.2) is 0 Å². The van der Waals surface area contributed by atoms with Gasteiger partial charge in [0.1, 0.15) is 0 Å². The molecule has 0 atom stereocenters. The molecule has 5 nitrogen and oxygen atoms in total. The summed E-state index contributed by atoms with van der Waals surface area (Å²) in [6.45, 7) is 13.3. The van der Waals surface area contributed by atoms with Crippen LogP contribution in [0.3, 0.4) is 0 Å². The highest BCUT2D eigenvalue weighted by Crippen LogP contribution is 2.32. The van der Waals surface area contributed by atoms with Crippen molar-refractivity contribution in [3.05, 3.63) is 29.3 Å². The maximum Gasteiger partial charge on any atom is 0.225 e. The molecule has 1 aliphatic carbocycles. The monoisotopic (exact) mass is 399 g/mol. The fraction of sp³-hybridized carbons (Fsp3) is 0.667. The van der Waals surface area contributed by atoms with Crippen molar-refractivity contribution in [2.45, 2.75) is 53.4 Å². The van der Waals surface area contributed by atoms with Crippen molar-refractivity contribution in [2.24, 2.45) is 11.8 Å². The normalized spacial score (nSPS) is 22.5. The topological polar surface area (TPSA) is 43.9 Å². The number of benzene rings is 1. The Balaban J connectivity index is 1.50. The zero-order valence-corrected chi connectivity index (χ0v) is 18.6. The predicted octanol–water partition coefficient (Wildman–Crippen LogP) is 3.63. The van der Waals surface area contributed by atoms with Crippen molar-refractivity contribution >= 4 is 17.5 Å². The third kappa shape index (κ3) is 4.76. The molecule has 0 spiro atoms. The molecule has 29 heavy (non-hydrogen) atoms. The highest BCUT2D eigenvalue weighted by atomic mass is 16.2. The van der Waals surface area contributed by atoms with Gasteiger partial charge in [0, 0.05) is 56.8 Å². The van der Waals surface area contributed by atoms with Crippen LogP contribution in [0.1, 0.15) is 50.7 Å². The number of aryl methyl sites for hydroxylation is 1. The van der Waals surface area contributed by atoms with Crippen molar-refractivity contribution in [1.82, 2.24) is 9.80 Å². The fourth-order valence-electron chi connectivity index (χ4n) is 4.88. The van der Waals surface area contributed by atoms with Crippen LogP contribution < -0.4 is 4.90 Å². The van der Waals surface area contributed by atoms with E-state index in [1.54, 1.807) is 0 Å². The van der Waals surface area contributed by atoms with Crippen LogP contribution in [0, 0.1) is 25.7 Å². The first-order chi connectivity index (χ1) is 14.0. The zero-order chi connectivity index (χ0) is 21.0. The molecule has 0 bridgehead atoms. The van der Waals surface area contributed by atoms with Gasteiger partial charge in [0.2, 0.25) is 11.8 Å². The number of nitrogens with zero attached hydrogens (tertiary/aromatic N) is 3. The summed E-state index contributed by atoms with van der Waals surface area (Å²) in [6.07, 6.45) is 3.42. The lowest BCUT2D eigenvalue weighted by molar-refractivity contribution is -0.141. The molecule has 1 aromatic carbocycles. The lowest BCUT2D eigenvalue weighted by atomic mass is 9.80. The van der Waals surface area contributed by atoms with Gasteiger partial charge in [0.15, 0.2) is 0 Å². The Hall–Kier alpha value is -2.04. The lowest BCUT2D eigenvalue weighted by Gasteiger charge is -2.39. The highest BCUT2D eigenvalue weighted by molar-refractivity contribution is 5.81. The van der Waals surface area contributed by atoms with Gasteiger partial charge in [-0.1, -0.05) is 12.1 Å². The molecule has 0 radical (unpaired) electrons. The maximum absolute atomic E-state index is 13.1. The minimum Gasteiger partial charge on any atom is -0.368 e. The molecule has 3 rings (SSSR count). The van der Waals surface area contributed by atoms with E-state index in [9.17, 15) is 9.59 Å². The van der Waals surface area contributed by atoms with E-state index in [2.05, 4.69) is 41.8 Å². The van der Waals surface area contributed by atoms with Gasteiger partial charge in [-0.15, -0.1) is 0 Å². The second-order valence-corrected chi connectivity index (χ2v) is 8.59. The number of hydrogen-bond acceptors (Lipinski definition) is 3. The number of anilines is 1. The van der Waals surface area contributed by atoms with Crippen LogP contribution >= 0.6 is 0 Å². The van der Waals surface area contributed by atoms with Crippen molar-refractivity contribution in [2.75, 3.05) is 44.2 Å².